The van der Waals surface area contributed by atoms with Crippen molar-refractivity contribution in [3.05, 3.63) is 28.1 Å². The molecular formula is C10H8ClNO2S. The van der Waals surface area contributed by atoms with Crippen molar-refractivity contribution in [1.29, 1.82) is 0 Å². The van der Waals surface area contributed by atoms with Crippen LogP contribution in [0.1, 0.15) is 9.67 Å². The fourth-order valence-electron chi connectivity index (χ4n) is 1.28. The number of hydrogen-bond donors (Lipinski definition) is 1. The van der Waals surface area contributed by atoms with E-state index >= 15 is 0 Å². The summed E-state index contributed by atoms with van der Waals surface area (Å²) in [6.45, 7) is 0. The maximum Gasteiger partial charge on any atom is 0.348 e. The van der Waals surface area contributed by atoms with Crippen LogP contribution in [0.15, 0.2) is 18.2 Å². The second-order valence-electron chi connectivity index (χ2n) is 3.01. The minimum absolute atomic E-state index is 0.342. The van der Waals surface area contributed by atoms with Crippen LogP contribution in [-0.4, -0.2) is 13.1 Å². The van der Waals surface area contributed by atoms with Crippen molar-refractivity contribution in [3.8, 4) is 0 Å². The van der Waals surface area contributed by atoms with Crippen LogP contribution in [0.5, 0.6) is 0 Å². The number of fused-ring (bicyclic) bond motifs is 1. The molecule has 0 atom stereocenters. The zero-order chi connectivity index (χ0) is 11.0. The molecule has 2 aromatic rings. The highest BCUT2D eigenvalue weighted by Gasteiger charge is 2.11. The molecule has 0 bridgehead atoms. The summed E-state index contributed by atoms with van der Waals surface area (Å²) in [5.74, 6) is -0.342. The first-order chi connectivity index (χ1) is 7.11. The van der Waals surface area contributed by atoms with Gasteiger partial charge in [-0.25, -0.2) is 4.79 Å². The summed E-state index contributed by atoms with van der Waals surface area (Å²) in [4.78, 5) is 11.8. The van der Waals surface area contributed by atoms with Crippen molar-refractivity contribution in [2.45, 2.75) is 0 Å². The summed E-state index contributed by atoms with van der Waals surface area (Å²) >= 11 is 7.21. The van der Waals surface area contributed by atoms with Gasteiger partial charge in [0, 0.05) is 4.70 Å². The number of hydrogen-bond acceptors (Lipinski definition) is 4. The second-order valence-corrected chi connectivity index (χ2v) is 4.50. The molecule has 0 fully saturated rings. The summed E-state index contributed by atoms with van der Waals surface area (Å²) in [5, 5.41) is 1.41. The van der Waals surface area contributed by atoms with Crippen molar-refractivity contribution in [2.75, 3.05) is 12.8 Å². The quantitative estimate of drug-likeness (QED) is 0.617. The van der Waals surface area contributed by atoms with Gasteiger partial charge < -0.3 is 10.5 Å². The van der Waals surface area contributed by atoms with Crippen LogP contribution in [0, 0.1) is 0 Å². The summed E-state index contributed by atoms with van der Waals surface area (Å²) < 4.78 is 5.56. The molecular weight excluding hydrogens is 234 g/mol. The zero-order valence-electron chi connectivity index (χ0n) is 7.91. The first kappa shape index (κ1) is 10.3. The minimum atomic E-state index is -0.342. The SMILES string of the molecule is COC(=O)c1cc2cc(N)c(Cl)cc2s1. The van der Waals surface area contributed by atoms with E-state index in [0.717, 1.165) is 10.1 Å². The van der Waals surface area contributed by atoms with Crippen molar-refractivity contribution in [1.82, 2.24) is 0 Å². The first-order valence-corrected chi connectivity index (χ1v) is 5.38. The molecule has 2 rings (SSSR count). The van der Waals surface area contributed by atoms with E-state index in [1.165, 1.54) is 18.4 Å². The number of esters is 1. The van der Waals surface area contributed by atoms with Gasteiger partial charge in [-0.05, 0) is 23.6 Å². The Morgan fingerprint density at radius 1 is 1.47 bits per heavy atom. The maximum absolute atomic E-state index is 11.3. The van der Waals surface area contributed by atoms with E-state index in [0.29, 0.717) is 15.6 Å². The number of carbonyl (C=O) groups excluding carboxylic acids is 1. The van der Waals surface area contributed by atoms with Gasteiger partial charge in [0.25, 0.3) is 0 Å². The van der Waals surface area contributed by atoms with E-state index in [9.17, 15) is 4.79 Å². The van der Waals surface area contributed by atoms with E-state index < -0.39 is 0 Å². The molecule has 0 aliphatic rings. The Kier molecular flexibility index (Phi) is 2.54. The van der Waals surface area contributed by atoms with E-state index in [2.05, 4.69) is 4.74 Å². The lowest BCUT2D eigenvalue weighted by Crippen LogP contribution is -1.96. The fraction of sp³-hybridized carbons (Fsp3) is 0.100. The number of nitrogen functional groups attached to an aromatic ring is 1. The molecule has 0 amide bonds. The molecule has 2 N–H and O–H groups in total. The number of halogens is 1. The first-order valence-electron chi connectivity index (χ1n) is 4.18. The predicted molar refractivity (Wildman–Crippen MR) is 62.6 cm³/mol. The normalized spacial score (nSPS) is 10.5. The average molecular weight is 242 g/mol. The Labute approximate surface area is 95.4 Å². The summed E-state index contributed by atoms with van der Waals surface area (Å²) in [7, 11) is 1.36. The molecule has 0 radical (unpaired) electrons. The van der Waals surface area contributed by atoms with Crippen LogP contribution < -0.4 is 5.73 Å². The summed E-state index contributed by atoms with van der Waals surface area (Å²) in [6.07, 6.45) is 0. The van der Waals surface area contributed by atoms with E-state index in [-0.39, 0.29) is 5.97 Å². The van der Waals surface area contributed by atoms with Crippen molar-refractivity contribution < 1.29 is 9.53 Å². The Hall–Kier alpha value is -1.26. The Bertz CT molecular complexity index is 496. The number of methoxy groups -OCH3 is 1. The molecule has 3 nitrogen and oxygen atoms in total. The Morgan fingerprint density at radius 3 is 2.87 bits per heavy atom. The third-order valence-electron chi connectivity index (χ3n) is 2.02. The number of carbonyl (C=O) groups is 1. The van der Waals surface area contributed by atoms with Gasteiger partial charge in [-0.15, -0.1) is 11.3 Å². The van der Waals surface area contributed by atoms with Crippen molar-refractivity contribution in [2.24, 2.45) is 0 Å². The number of thiophene rings is 1. The van der Waals surface area contributed by atoms with Gasteiger partial charge >= 0.3 is 5.97 Å². The highest BCUT2D eigenvalue weighted by Crippen LogP contribution is 2.32. The molecule has 15 heavy (non-hydrogen) atoms. The van der Waals surface area contributed by atoms with Crippen LogP contribution >= 0.6 is 22.9 Å². The standard InChI is InChI=1S/C10H8ClNO2S/c1-14-10(13)9-3-5-2-7(12)6(11)4-8(5)15-9/h2-4H,12H2,1H3. The Morgan fingerprint density at radius 2 is 2.20 bits per heavy atom. The number of rotatable bonds is 1. The lowest BCUT2D eigenvalue weighted by Gasteiger charge is -1.95. The summed E-state index contributed by atoms with van der Waals surface area (Å²) in [5.41, 5.74) is 6.17. The molecule has 0 saturated heterocycles. The van der Waals surface area contributed by atoms with E-state index in [1.807, 2.05) is 0 Å². The van der Waals surface area contributed by atoms with Crippen molar-refractivity contribution in [3.63, 3.8) is 0 Å². The summed E-state index contributed by atoms with van der Waals surface area (Å²) in [6, 6.07) is 5.25. The predicted octanol–water partition coefficient (Wildman–Crippen LogP) is 2.92. The molecule has 0 aliphatic heterocycles. The van der Waals surface area contributed by atoms with Gasteiger partial charge in [-0.3, -0.25) is 0 Å². The topological polar surface area (TPSA) is 52.3 Å². The zero-order valence-corrected chi connectivity index (χ0v) is 9.48. The second kappa shape index (κ2) is 3.72. The molecule has 1 aromatic carbocycles. The highest BCUT2D eigenvalue weighted by atomic mass is 35.5. The van der Waals surface area contributed by atoms with Gasteiger partial charge in [0.2, 0.25) is 0 Å². The van der Waals surface area contributed by atoms with Crippen LogP contribution in [0.25, 0.3) is 10.1 Å². The smallest absolute Gasteiger partial charge is 0.348 e. The van der Waals surface area contributed by atoms with Gasteiger partial charge in [-0.1, -0.05) is 11.6 Å². The molecule has 1 heterocycles. The van der Waals surface area contributed by atoms with Gasteiger partial charge in [-0.2, -0.15) is 0 Å². The van der Waals surface area contributed by atoms with Crippen LogP contribution in [0.2, 0.25) is 5.02 Å². The van der Waals surface area contributed by atoms with Gasteiger partial charge in [0.15, 0.2) is 0 Å². The monoisotopic (exact) mass is 241 g/mol. The molecule has 0 aliphatic carbocycles. The largest absolute Gasteiger partial charge is 0.465 e. The van der Waals surface area contributed by atoms with Gasteiger partial charge in [0.05, 0.1) is 17.8 Å². The van der Waals surface area contributed by atoms with E-state index in [1.54, 1.807) is 18.2 Å². The Balaban J connectivity index is 2.61. The lowest BCUT2D eigenvalue weighted by molar-refractivity contribution is 0.0606. The minimum Gasteiger partial charge on any atom is -0.465 e. The lowest BCUT2D eigenvalue weighted by atomic mass is 10.2. The molecule has 0 spiro atoms. The number of anilines is 1. The van der Waals surface area contributed by atoms with Crippen LogP contribution in [-0.2, 0) is 4.74 Å². The highest BCUT2D eigenvalue weighted by molar-refractivity contribution is 7.20. The molecule has 5 heteroatoms. The van der Waals surface area contributed by atoms with Crippen molar-refractivity contribution >= 4 is 44.7 Å². The number of ether oxygens (including phenoxy) is 1. The van der Waals surface area contributed by atoms with Crippen LogP contribution in [0.4, 0.5) is 5.69 Å². The molecule has 78 valence electrons. The molecule has 1 aromatic heterocycles. The molecule has 0 saturated carbocycles. The van der Waals surface area contributed by atoms with Gasteiger partial charge in [0.1, 0.15) is 4.88 Å². The van der Waals surface area contributed by atoms with Crippen LogP contribution in [0.3, 0.4) is 0 Å². The molecule has 0 unspecified atom stereocenters. The third kappa shape index (κ3) is 1.78. The third-order valence-corrected chi connectivity index (χ3v) is 3.43. The van der Waals surface area contributed by atoms with E-state index in [4.69, 9.17) is 17.3 Å². The number of nitrogens with two attached hydrogens (primary N) is 1. The number of benzene rings is 1. The average Bonchev–Trinajstić information content (AvgIpc) is 2.60. The fourth-order valence-corrected chi connectivity index (χ4v) is 2.51. The maximum atomic E-state index is 11.3.